The summed E-state index contributed by atoms with van der Waals surface area (Å²) in [6, 6.07) is 6.70. The summed E-state index contributed by atoms with van der Waals surface area (Å²) < 4.78 is 0. The van der Waals surface area contributed by atoms with Crippen molar-refractivity contribution in [2.75, 3.05) is 7.05 Å². The second-order valence-electron chi connectivity index (χ2n) is 4.90. The Morgan fingerprint density at radius 3 is 2.27 bits per heavy atom. The number of nitrogens with one attached hydrogen (secondary N) is 1. The first-order chi connectivity index (χ1) is 6.86. The van der Waals surface area contributed by atoms with Crippen molar-refractivity contribution in [3.8, 4) is 0 Å². The fourth-order valence-corrected chi connectivity index (χ4v) is 2.08. The van der Waals surface area contributed by atoms with E-state index in [-0.39, 0.29) is 11.6 Å². The Morgan fingerprint density at radius 2 is 1.87 bits per heavy atom. The van der Waals surface area contributed by atoms with Gasteiger partial charge in [-0.25, -0.2) is 0 Å². The van der Waals surface area contributed by atoms with Crippen LogP contribution in [0.25, 0.3) is 0 Å². The normalized spacial score (nSPS) is 14.0. The fraction of sp³-hybridized carbons (Fsp3) is 0.538. The molecule has 0 amide bonds. The topological polar surface area (TPSA) is 38.0 Å². The van der Waals surface area contributed by atoms with E-state index in [0.717, 1.165) is 0 Å². The average Bonchev–Trinajstić information content (AvgIpc) is 2.07. The van der Waals surface area contributed by atoms with Gasteiger partial charge in [0.2, 0.25) is 0 Å². The van der Waals surface area contributed by atoms with Crippen molar-refractivity contribution in [1.82, 2.24) is 5.32 Å². The molecule has 15 heavy (non-hydrogen) atoms. The zero-order valence-corrected chi connectivity index (χ0v) is 10.4. The highest BCUT2D eigenvalue weighted by molar-refractivity contribution is 5.34. The quantitative estimate of drug-likeness (QED) is 0.796. The van der Waals surface area contributed by atoms with Crippen molar-refractivity contribution in [3.05, 3.63) is 34.9 Å². The number of benzene rings is 1. The molecule has 0 aromatic heterocycles. The van der Waals surface area contributed by atoms with Crippen LogP contribution in [0.2, 0.25) is 0 Å². The fourth-order valence-electron chi connectivity index (χ4n) is 2.08. The summed E-state index contributed by atoms with van der Waals surface area (Å²) in [5, 5.41) is 3.29. The molecule has 2 nitrogen and oxygen atoms in total. The van der Waals surface area contributed by atoms with E-state index in [9.17, 15) is 0 Å². The minimum absolute atomic E-state index is 0.193. The summed E-state index contributed by atoms with van der Waals surface area (Å²) in [6.07, 6.45) is 0. The van der Waals surface area contributed by atoms with Crippen molar-refractivity contribution >= 4 is 0 Å². The Hall–Kier alpha value is -0.860. The van der Waals surface area contributed by atoms with Gasteiger partial charge in [0.05, 0.1) is 0 Å². The molecule has 0 saturated heterocycles. The third-order valence-corrected chi connectivity index (χ3v) is 2.77. The monoisotopic (exact) mass is 206 g/mol. The maximum Gasteiger partial charge on any atom is 0.0497 e. The molecule has 3 N–H and O–H groups in total. The van der Waals surface area contributed by atoms with Gasteiger partial charge in [-0.1, -0.05) is 23.8 Å². The van der Waals surface area contributed by atoms with E-state index in [4.69, 9.17) is 5.73 Å². The third kappa shape index (κ3) is 2.80. The molecule has 2 heteroatoms. The zero-order chi connectivity index (χ0) is 11.6. The molecule has 0 saturated carbocycles. The van der Waals surface area contributed by atoms with Crippen molar-refractivity contribution in [2.45, 2.75) is 39.3 Å². The maximum absolute atomic E-state index is 6.17. The maximum atomic E-state index is 6.17. The SMILES string of the molecule is CNC(c1ccc(C)cc1C)C(C)(C)N. The van der Waals surface area contributed by atoms with Gasteiger partial charge in [0.1, 0.15) is 0 Å². The Bertz CT molecular complexity index is 337. The predicted octanol–water partition coefficient (Wildman–Crippen LogP) is 2.30. The minimum Gasteiger partial charge on any atom is -0.324 e. The van der Waals surface area contributed by atoms with Crippen LogP contribution in [-0.2, 0) is 0 Å². The largest absolute Gasteiger partial charge is 0.324 e. The molecule has 84 valence electrons. The van der Waals surface area contributed by atoms with E-state index in [1.165, 1.54) is 16.7 Å². The van der Waals surface area contributed by atoms with Gasteiger partial charge in [-0.15, -0.1) is 0 Å². The van der Waals surface area contributed by atoms with Gasteiger partial charge in [0.25, 0.3) is 0 Å². The summed E-state index contributed by atoms with van der Waals surface area (Å²) in [5.41, 5.74) is 9.79. The molecule has 1 unspecified atom stereocenters. The van der Waals surface area contributed by atoms with Gasteiger partial charge in [0, 0.05) is 11.6 Å². The predicted molar refractivity (Wildman–Crippen MR) is 66.0 cm³/mol. The van der Waals surface area contributed by atoms with Crippen LogP contribution < -0.4 is 11.1 Å². The molecule has 0 aliphatic heterocycles. The molecule has 1 atom stereocenters. The minimum atomic E-state index is -0.255. The van der Waals surface area contributed by atoms with Crippen LogP contribution in [0.5, 0.6) is 0 Å². The molecular formula is C13H22N2. The number of likely N-dealkylation sites (N-methyl/N-ethyl adjacent to an activating group) is 1. The first-order valence-corrected chi connectivity index (χ1v) is 5.39. The lowest BCUT2D eigenvalue weighted by molar-refractivity contribution is 0.369. The molecule has 0 heterocycles. The average molecular weight is 206 g/mol. The Morgan fingerprint density at radius 1 is 1.27 bits per heavy atom. The van der Waals surface area contributed by atoms with Gasteiger partial charge < -0.3 is 11.1 Å². The van der Waals surface area contributed by atoms with Crippen LogP contribution in [0.4, 0.5) is 0 Å². The van der Waals surface area contributed by atoms with Crippen molar-refractivity contribution in [2.24, 2.45) is 5.73 Å². The summed E-state index contributed by atoms with van der Waals surface area (Å²) in [7, 11) is 1.96. The van der Waals surface area contributed by atoms with Crippen molar-refractivity contribution < 1.29 is 0 Å². The Balaban J connectivity index is 3.13. The summed E-state index contributed by atoms with van der Waals surface area (Å²) >= 11 is 0. The van der Waals surface area contributed by atoms with Gasteiger partial charge in [0.15, 0.2) is 0 Å². The van der Waals surface area contributed by atoms with Crippen molar-refractivity contribution in [1.29, 1.82) is 0 Å². The standard InChI is InChI=1S/C13H22N2/c1-9-6-7-11(10(2)8-9)12(15-5)13(3,4)14/h6-8,12,15H,14H2,1-5H3. The van der Waals surface area contributed by atoms with Crippen LogP contribution in [0, 0.1) is 13.8 Å². The van der Waals surface area contributed by atoms with Gasteiger partial charge in [-0.3, -0.25) is 0 Å². The lowest BCUT2D eigenvalue weighted by Gasteiger charge is -2.31. The molecule has 0 aliphatic carbocycles. The van der Waals surface area contributed by atoms with E-state index < -0.39 is 0 Å². The lowest BCUT2D eigenvalue weighted by atomic mass is 9.87. The summed E-state index contributed by atoms with van der Waals surface area (Å²) in [4.78, 5) is 0. The lowest BCUT2D eigenvalue weighted by Crippen LogP contribution is -2.45. The van der Waals surface area contributed by atoms with Gasteiger partial charge in [-0.05, 0) is 45.9 Å². The van der Waals surface area contributed by atoms with Gasteiger partial charge >= 0.3 is 0 Å². The third-order valence-electron chi connectivity index (χ3n) is 2.77. The molecule has 0 bridgehead atoms. The van der Waals surface area contributed by atoms with Crippen LogP contribution in [0.15, 0.2) is 18.2 Å². The zero-order valence-electron chi connectivity index (χ0n) is 10.4. The smallest absolute Gasteiger partial charge is 0.0497 e. The number of hydrogen-bond donors (Lipinski definition) is 2. The highest BCUT2D eigenvalue weighted by Gasteiger charge is 2.26. The van der Waals surface area contributed by atoms with E-state index in [2.05, 4.69) is 37.4 Å². The van der Waals surface area contributed by atoms with E-state index in [1.807, 2.05) is 20.9 Å². The van der Waals surface area contributed by atoms with E-state index >= 15 is 0 Å². The first kappa shape index (κ1) is 12.2. The highest BCUT2D eigenvalue weighted by Crippen LogP contribution is 2.26. The first-order valence-electron chi connectivity index (χ1n) is 5.39. The Kier molecular flexibility index (Phi) is 3.53. The van der Waals surface area contributed by atoms with Crippen LogP contribution in [0.1, 0.15) is 36.6 Å². The molecule has 0 fully saturated rings. The van der Waals surface area contributed by atoms with Crippen LogP contribution in [-0.4, -0.2) is 12.6 Å². The number of nitrogens with two attached hydrogens (primary N) is 1. The summed E-state index contributed by atoms with van der Waals surface area (Å²) in [5.74, 6) is 0. The molecule has 0 radical (unpaired) electrons. The van der Waals surface area contributed by atoms with E-state index in [0.29, 0.717) is 0 Å². The van der Waals surface area contributed by atoms with Crippen molar-refractivity contribution in [3.63, 3.8) is 0 Å². The Labute approximate surface area is 92.9 Å². The molecule has 0 spiro atoms. The highest BCUT2D eigenvalue weighted by atomic mass is 14.9. The summed E-state index contributed by atoms with van der Waals surface area (Å²) in [6.45, 7) is 8.35. The van der Waals surface area contributed by atoms with E-state index in [1.54, 1.807) is 0 Å². The van der Waals surface area contributed by atoms with Crippen LogP contribution in [0.3, 0.4) is 0 Å². The molecular weight excluding hydrogens is 184 g/mol. The second-order valence-corrected chi connectivity index (χ2v) is 4.90. The van der Waals surface area contributed by atoms with Gasteiger partial charge in [-0.2, -0.15) is 0 Å². The number of hydrogen-bond acceptors (Lipinski definition) is 2. The number of rotatable bonds is 3. The molecule has 1 rings (SSSR count). The van der Waals surface area contributed by atoms with Crippen LogP contribution >= 0.6 is 0 Å². The second kappa shape index (κ2) is 4.33. The molecule has 0 aliphatic rings. The number of aryl methyl sites for hydroxylation is 2. The molecule has 1 aromatic carbocycles. The molecule has 1 aromatic rings.